The van der Waals surface area contributed by atoms with Crippen molar-refractivity contribution in [3.8, 4) is 0 Å². The van der Waals surface area contributed by atoms with Crippen LogP contribution in [-0.4, -0.2) is 53.3 Å². The molecule has 0 unspecified atom stereocenters. The molecule has 0 amide bonds. The van der Waals surface area contributed by atoms with E-state index in [-0.39, 0.29) is 0 Å². The van der Waals surface area contributed by atoms with Crippen LogP contribution in [0.25, 0.3) is 0 Å². The SMILES string of the molecule is OB(O)OC(F)(F)C(F)(F)C(F)(F)C(F)(F)C(F)(F)C(F)(F)F. The highest BCUT2D eigenvalue weighted by atomic mass is 19.4. The molecule has 0 spiro atoms. The van der Waals surface area contributed by atoms with E-state index in [0.29, 0.717) is 0 Å². The van der Waals surface area contributed by atoms with Crippen LogP contribution in [0.3, 0.4) is 0 Å². The highest BCUT2D eigenvalue weighted by Crippen LogP contribution is 2.60. The molecule has 0 heterocycles. The van der Waals surface area contributed by atoms with Gasteiger partial charge in [-0.3, -0.25) is 0 Å². The van der Waals surface area contributed by atoms with Crippen LogP contribution < -0.4 is 0 Å². The Morgan fingerprint density at radius 1 is 0.522 bits per heavy atom. The van der Waals surface area contributed by atoms with E-state index in [1.807, 2.05) is 0 Å². The summed E-state index contributed by atoms with van der Waals surface area (Å²) >= 11 is 0. The molecular weight excluding hydrogens is 378 g/mol. The van der Waals surface area contributed by atoms with Crippen LogP contribution in [0.1, 0.15) is 0 Å². The fraction of sp³-hybridized carbons (Fsp3) is 1.00. The van der Waals surface area contributed by atoms with Crippen molar-refractivity contribution in [1.29, 1.82) is 0 Å². The van der Waals surface area contributed by atoms with Gasteiger partial charge in [-0.05, 0) is 0 Å². The lowest BCUT2D eigenvalue weighted by Crippen LogP contribution is -2.70. The van der Waals surface area contributed by atoms with Gasteiger partial charge < -0.3 is 14.7 Å². The van der Waals surface area contributed by atoms with Gasteiger partial charge in [0.25, 0.3) is 0 Å². The third-order valence-electron chi connectivity index (χ3n) is 2.16. The smallest absolute Gasteiger partial charge is 0.402 e. The summed E-state index contributed by atoms with van der Waals surface area (Å²) in [7, 11) is -3.98. The second kappa shape index (κ2) is 5.54. The Bertz CT molecular complexity index is 430. The molecule has 0 aromatic carbocycles. The second-order valence-corrected chi connectivity index (χ2v) is 3.76. The van der Waals surface area contributed by atoms with Gasteiger partial charge in [0.2, 0.25) is 0 Å². The lowest BCUT2D eigenvalue weighted by Gasteiger charge is -2.39. The predicted molar refractivity (Wildman–Crippen MR) is 42.1 cm³/mol. The van der Waals surface area contributed by atoms with Crippen LogP contribution in [-0.2, 0) is 4.65 Å². The molecular formula is C6H2BF13O3. The summed E-state index contributed by atoms with van der Waals surface area (Å²) in [4.78, 5) is 0. The monoisotopic (exact) mass is 380 g/mol. The summed E-state index contributed by atoms with van der Waals surface area (Å²) in [6.45, 7) is 0. The van der Waals surface area contributed by atoms with Crippen LogP contribution in [0.5, 0.6) is 0 Å². The van der Waals surface area contributed by atoms with Gasteiger partial charge >= 0.3 is 43.3 Å². The van der Waals surface area contributed by atoms with Crippen LogP contribution in [0, 0.1) is 0 Å². The summed E-state index contributed by atoms with van der Waals surface area (Å²) in [5.41, 5.74) is 0. The van der Waals surface area contributed by atoms with E-state index in [1.165, 1.54) is 0 Å². The molecule has 0 saturated carbocycles. The van der Waals surface area contributed by atoms with Crippen LogP contribution in [0.15, 0.2) is 0 Å². The van der Waals surface area contributed by atoms with E-state index in [0.717, 1.165) is 0 Å². The molecule has 0 aromatic heterocycles. The summed E-state index contributed by atoms with van der Waals surface area (Å²) in [5, 5.41) is 15.5. The molecule has 0 aliphatic carbocycles. The number of hydrogen-bond donors (Lipinski definition) is 2. The zero-order chi connectivity index (χ0) is 19.3. The van der Waals surface area contributed by atoms with Crippen molar-refractivity contribution in [2.45, 2.75) is 36.0 Å². The minimum absolute atomic E-state index is 2.07. The largest absolute Gasteiger partial charge is 0.638 e. The van der Waals surface area contributed by atoms with Crippen molar-refractivity contribution < 1.29 is 71.8 Å². The van der Waals surface area contributed by atoms with Gasteiger partial charge in [-0.25, -0.2) is 0 Å². The lowest BCUT2D eigenvalue weighted by atomic mass is 9.97. The number of hydrogen-bond acceptors (Lipinski definition) is 3. The second-order valence-electron chi connectivity index (χ2n) is 3.76. The Kier molecular flexibility index (Phi) is 5.31. The Hall–Kier alpha value is -0.965. The Labute approximate surface area is 116 Å². The summed E-state index contributed by atoms with van der Waals surface area (Å²) in [5.74, 6) is -31.6. The number of alkyl halides is 13. The fourth-order valence-electron chi connectivity index (χ4n) is 0.962. The topological polar surface area (TPSA) is 49.7 Å². The standard InChI is InChI=1S/C6H2BF13O3/c8-1(9,3(12,13)5(16,17)18)2(10,11)4(14,15)6(19,20)23-7(21)22/h21-22H. The fourth-order valence-corrected chi connectivity index (χ4v) is 0.962. The third kappa shape index (κ3) is 3.17. The van der Waals surface area contributed by atoms with E-state index in [1.54, 1.807) is 0 Å². The summed E-state index contributed by atoms with van der Waals surface area (Å²) in [6, 6.07) is 0. The van der Waals surface area contributed by atoms with Crippen molar-refractivity contribution in [3.05, 3.63) is 0 Å². The van der Waals surface area contributed by atoms with E-state index >= 15 is 0 Å². The van der Waals surface area contributed by atoms with Crippen molar-refractivity contribution in [2.24, 2.45) is 0 Å². The molecule has 0 radical (unpaired) electrons. The number of halogens is 13. The minimum Gasteiger partial charge on any atom is -0.402 e. The molecule has 0 fully saturated rings. The quantitative estimate of drug-likeness (QED) is 0.551. The highest BCUT2D eigenvalue weighted by Gasteiger charge is 2.91. The zero-order valence-electron chi connectivity index (χ0n) is 9.79. The molecule has 0 atom stereocenters. The van der Waals surface area contributed by atoms with Crippen molar-refractivity contribution in [1.82, 2.24) is 0 Å². The normalized spacial score (nSPS) is 15.8. The first-order chi connectivity index (χ1) is 9.67. The summed E-state index contributed by atoms with van der Waals surface area (Å²) < 4.78 is 163. The predicted octanol–water partition coefficient (Wildman–Crippen LogP) is 2.67. The first-order valence-electron chi connectivity index (χ1n) is 4.66. The van der Waals surface area contributed by atoms with E-state index in [9.17, 15) is 57.1 Å². The van der Waals surface area contributed by atoms with Crippen molar-refractivity contribution in [2.75, 3.05) is 0 Å². The van der Waals surface area contributed by atoms with Crippen LogP contribution in [0.2, 0.25) is 0 Å². The Morgan fingerprint density at radius 2 is 0.826 bits per heavy atom. The Morgan fingerprint density at radius 3 is 1.09 bits per heavy atom. The highest BCUT2D eigenvalue weighted by molar-refractivity contribution is 6.32. The maximum atomic E-state index is 12.7. The maximum absolute atomic E-state index is 12.7. The molecule has 23 heavy (non-hydrogen) atoms. The van der Waals surface area contributed by atoms with Crippen LogP contribution in [0.4, 0.5) is 57.1 Å². The molecule has 0 saturated heterocycles. The molecule has 0 bridgehead atoms. The van der Waals surface area contributed by atoms with Gasteiger partial charge in [0.1, 0.15) is 0 Å². The minimum atomic E-state index is -8.06. The maximum Gasteiger partial charge on any atom is 0.638 e. The molecule has 3 nitrogen and oxygen atoms in total. The van der Waals surface area contributed by atoms with Gasteiger partial charge in [0.15, 0.2) is 0 Å². The molecule has 0 rings (SSSR count). The summed E-state index contributed by atoms with van der Waals surface area (Å²) in [6.07, 6.45) is -14.5. The van der Waals surface area contributed by atoms with Crippen LogP contribution >= 0.6 is 0 Å². The van der Waals surface area contributed by atoms with E-state index < -0.39 is 43.3 Å². The molecule has 0 aliphatic heterocycles. The van der Waals surface area contributed by atoms with E-state index in [2.05, 4.69) is 4.65 Å². The lowest BCUT2D eigenvalue weighted by molar-refractivity contribution is -0.459. The van der Waals surface area contributed by atoms with Gasteiger partial charge in [0, 0.05) is 0 Å². The molecule has 0 aromatic rings. The van der Waals surface area contributed by atoms with Gasteiger partial charge in [-0.15, -0.1) is 0 Å². The first kappa shape index (κ1) is 22.0. The zero-order valence-corrected chi connectivity index (χ0v) is 9.79. The van der Waals surface area contributed by atoms with Crippen molar-refractivity contribution in [3.63, 3.8) is 0 Å². The average molecular weight is 380 g/mol. The third-order valence-corrected chi connectivity index (χ3v) is 2.16. The molecule has 17 heteroatoms. The molecule has 138 valence electrons. The van der Waals surface area contributed by atoms with Gasteiger partial charge in [0.05, 0.1) is 0 Å². The van der Waals surface area contributed by atoms with E-state index in [4.69, 9.17) is 10.0 Å². The molecule has 0 aliphatic rings. The van der Waals surface area contributed by atoms with Crippen molar-refractivity contribution >= 4 is 7.32 Å². The Balaban J connectivity index is 6.14. The van der Waals surface area contributed by atoms with Gasteiger partial charge in [-0.1, -0.05) is 0 Å². The molecule has 2 N–H and O–H groups in total. The first-order valence-corrected chi connectivity index (χ1v) is 4.66. The number of rotatable bonds is 6. The van der Waals surface area contributed by atoms with Gasteiger partial charge in [-0.2, -0.15) is 57.1 Å². The average Bonchev–Trinajstić information content (AvgIpc) is 2.24.